The fourth-order valence-corrected chi connectivity index (χ4v) is 3.08. The summed E-state index contributed by atoms with van der Waals surface area (Å²) in [5.41, 5.74) is 1.06. The van der Waals surface area contributed by atoms with Crippen molar-refractivity contribution in [3.8, 4) is 11.5 Å². The first-order valence-corrected chi connectivity index (χ1v) is 7.32. The van der Waals surface area contributed by atoms with Gasteiger partial charge in [-0.05, 0) is 37.6 Å². The van der Waals surface area contributed by atoms with Crippen LogP contribution in [0.25, 0.3) is 0 Å². The fourth-order valence-electron chi connectivity index (χ4n) is 2.12. The number of thiophene rings is 1. The zero-order valence-corrected chi connectivity index (χ0v) is 11.9. The maximum atomic E-state index is 5.39. The molecule has 2 heterocycles. The second-order valence-corrected chi connectivity index (χ2v) is 5.79. The van der Waals surface area contributed by atoms with Crippen molar-refractivity contribution < 1.29 is 9.47 Å². The summed E-state index contributed by atoms with van der Waals surface area (Å²) in [4.78, 5) is 2.78. The summed E-state index contributed by atoms with van der Waals surface area (Å²) in [6, 6.07) is 10.7. The van der Waals surface area contributed by atoms with E-state index < -0.39 is 0 Å². The van der Waals surface area contributed by atoms with E-state index in [1.807, 2.05) is 29.5 Å². The van der Waals surface area contributed by atoms with Gasteiger partial charge in [-0.1, -0.05) is 6.92 Å². The van der Waals surface area contributed by atoms with Gasteiger partial charge in [-0.15, -0.1) is 11.3 Å². The normalized spacial score (nSPS) is 14.4. The van der Waals surface area contributed by atoms with E-state index >= 15 is 0 Å². The lowest BCUT2D eigenvalue weighted by molar-refractivity contribution is 0.174. The summed E-state index contributed by atoms with van der Waals surface area (Å²) < 4.78 is 10.7. The minimum atomic E-state index is 0.297. The van der Waals surface area contributed by atoms with Gasteiger partial charge >= 0.3 is 0 Å². The van der Waals surface area contributed by atoms with E-state index in [1.54, 1.807) is 0 Å². The summed E-state index contributed by atoms with van der Waals surface area (Å²) in [5.74, 6) is 1.64. The van der Waals surface area contributed by atoms with Crippen LogP contribution >= 0.6 is 11.3 Å². The molecular formula is C15H17NO2S. The van der Waals surface area contributed by atoms with Crippen LogP contribution in [0.3, 0.4) is 0 Å². The lowest BCUT2D eigenvalue weighted by Crippen LogP contribution is -2.04. The Morgan fingerprint density at radius 2 is 2.05 bits per heavy atom. The predicted octanol–water partition coefficient (Wildman–Crippen LogP) is 4.21. The highest BCUT2D eigenvalue weighted by atomic mass is 32.1. The predicted molar refractivity (Wildman–Crippen MR) is 78.3 cm³/mol. The summed E-state index contributed by atoms with van der Waals surface area (Å²) in [7, 11) is 0. The van der Waals surface area contributed by atoms with Gasteiger partial charge in [-0.3, -0.25) is 0 Å². The van der Waals surface area contributed by atoms with Gasteiger partial charge in [0, 0.05) is 21.5 Å². The first-order chi connectivity index (χ1) is 9.26. The first-order valence-electron chi connectivity index (χ1n) is 6.51. The van der Waals surface area contributed by atoms with Crippen LogP contribution in [0.5, 0.6) is 11.5 Å². The number of hydrogen-bond acceptors (Lipinski definition) is 4. The van der Waals surface area contributed by atoms with Crippen LogP contribution < -0.4 is 14.8 Å². The average Bonchev–Trinajstić information content (AvgIpc) is 3.06. The van der Waals surface area contributed by atoms with Crippen LogP contribution in [0.4, 0.5) is 5.69 Å². The Morgan fingerprint density at radius 1 is 1.21 bits per heavy atom. The minimum Gasteiger partial charge on any atom is -0.454 e. The maximum Gasteiger partial charge on any atom is 0.231 e. The van der Waals surface area contributed by atoms with Crippen molar-refractivity contribution in [3.05, 3.63) is 40.1 Å². The molecule has 1 N–H and O–H groups in total. The van der Waals surface area contributed by atoms with Gasteiger partial charge in [0.2, 0.25) is 6.79 Å². The van der Waals surface area contributed by atoms with Crippen molar-refractivity contribution in [2.45, 2.75) is 26.3 Å². The largest absolute Gasteiger partial charge is 0.454 e. The molecular weight excluding hydrogens is 258 g/mol. The van der Waals surface area contributed by atoms with Crippen molar-refractivity contribution in [3.63, 3.8) is 0 Å². The molecule has 4 heteroatoms. The molecule has 3 rings (SSSR count). The highest BCUT2D eigenvalue weighted by Crippen LogP contribution is 2.35. The molecule has 0 fully saturated rings. The molecule has 1 atom stereocenters. The van der Waals surface area contributed by atoms with Gasteiger partial charge in [0.15, 0.2) is 11.5 Å². The average molecular weight is 275 g/mol. The minimum absolute atomic E-state index is 0.297. The molecule has 2 aromatic rings. The molecule has 0 aliphatic carbocycles. The summed E-state index contributed by atoms with van der Waals surface area (Å²) >= 11 is 1.87. The third-order valence-corrected chi connectivity index (χ3v) is 4.63. The van der Waals surface area contributed by atoms with E-state index in [-0.39, 0.29) is 0 Å². The van der Waals surface area contributed by atoms with E-state index in [4.69, 9.17) is 9.47 Å². The van der Waals surface area contributed by atoms with E-state index in [0.717, 1.165) is 23.6 Å². The van der Waals surface area contributed by atoms with E-state index in [0.29, 0.717) is 12.8 Å². The smallest absolute Gasteiger partial charge is 0.231 e. The van der Waals surface area contributed by atoms with Gasteiger partial charge in [0.05, 0.1) is 6.04 Å². The summed E-state index contributed by atoms with van der Waals surface area (Å²) in [5, 5.41) is 3.50. The third kappa shape index (κ3) is 2.54. The van der Waals surface area contributed by atoms with Crippen LogP contribution in [0.1, 0.15) is 29.6 Å². The maximum absolute atomic E-state index is 5.39. The van der Waals surface area contributed by atoms with Crippen LogP contribution in [0.2, 0.25) is 0 Å². The molecule has 1 aliphatic rings. The molecule has 0 saturated carbocycles. The van der Waals surface area contributed by atoms with Gasteiger partial charge < -0.3 is 14.8 Å². The summed E-state index contributed by atoms with van der Waals surface area (Å²) in [6.45, 7) is 4.68. The van der Waals surface area contributed by atoms with E-state index in [9.17, 15) is 0 Å². The van der Waals surface area contributed by atoms with Crippen molar-refractivity contribution in [2.75, 3.05) is 12.1 Å². The molecule has 0 amide bonds. The second-order valence-electron chi connectivity index (χ2n) is 4.59. The Morgan fingerprint density at radius 3 is 2.84 bits per heavy atom. The highest BCUT2D eigenvalue weighted by molar-refractivity contribution is 7.12. The van der Waals surface area contributed by atoms with Gasteiger partial charge in [-0.2, -0.15) is 0 Å². The lowest BCUT2D eigenvalue weighted by Gasteiger charge is -2.14. The monoisotopic (exact) mass is 275 g/mol. The molecule has 19 heavy (non-hydrogen) atoms. The SMILES string of the molecule is CCc1ccc(C(C)Nc2ccc3c(c2)OCO3)s1. The first kappa shape index (κ1) is 12.4. The number of aryl methyl sites for hydroxylation is 1. The summed E-state index contributed by atoms with van der Waals surface area (Å²) in [6.07, 6.45) is 1.10. The molecule has 0 bridgehead atoms. The van der Waals surface area contributed by atoms with Crippen molar-refractivity contribution in [2.24, 2.45) is 0 Å². The lowest BCUT2D eigenvalue weighted by atomic mass is 10.2. The molecule has 100 valence electrons. The number of rotatable bonds is 4. The second kappa shape index (κ2) is 5.13. The molecule has 1 aromatic carbocycles. The Kier molecular flexibility index (Phi) is 3.34. The molecule has 0 radical (unpaired) electrons. The van der Waals surface area contributed by atoms with E-state index in [2.05, 4.69) is 31.3 Å². The topological polar surface area (TPSA) is 30.5 Å². The van der Waals surface area contributed by atoms with Crippen LogP contribution in [-0.4, -0.2) is 6.79 Å². The number of fused-ring (bicyclic) bond motifs is 1. The zero-order chi connectivity index (χ0) is 13.2. The van der Waals surface area contributed by atoms with Crippen LogP contribution in [0, 0.1) is 0 Å². The standard InChI is InChI=1S/C15H17NO2S/c1-3-12-5-7-15(19-12)10(2)16-11-4-6-13-14(8-11)18-9-17-13/h4-8,10,16H,3,9H2,1-2H3. The Labute approximate surface area is 117 Å². The van der Waals surface area contributed by atoms with Crippen LogP contribution in [0.15, 0.2) is 30.3 Å². The number of anilines is 1. The van der Waals surface area contributed by atoms with Gasteiger partial charge in [-0.25, -0.2) is 0 Å². The molecule has 1 unspecified atom stereocenters. The van der Waals surface area contributed by atoms with Crippen molar-refractivity contribution in [1.82, 2.24) is 0 Å². The molecule has 3 nitrogen and oxygen atoms in total. The Hall–Kier alpha value is -1.68. The van der Waals surface area contributed by atoms with Gasteiger partial charge in [0.25, 0.3) is 0 Å². The number of ether oxygens (including phenoxy) is 2. The molecule has 1 aliphatic heterocycles. The Bertz CT molecular complexity index is 579. The number of hydrogen-bond donors (Lipinski definition) is 1. The number of nitrogens with one attached hydrogen (secondary N) is 1. The fraction of sp³-hybridized carbons (Fsp3) is 0.333. The van der Waals surface area contributed by atoms with Crippen molar-refractivity contribution >= 4 is 17.0 Å². The van der Waals surface area contributed by atoms with Crippen LogP contribution in [-0.2, 0) is 6.42 Å². The Balaban J connectivity index is 1.73. The highest BCUT2D eigenvalue weighted by Gasteiger charge is 2.14. The van der Waals surface area contributed by atoms with Crippen molar-refractivity contribution in [1.29, 1.82) is 0 Å². The van der Waals surface area contributed by atoms with Gasteiger partial charge in [0.1, 0.15) is 0 Å². The third-order valence-electron chi connectivity index (χ3n) is 3.21. The molecule has 1 aromatic heterocycles. The zero-order valence-electron chi connectivity index (χ0n) is 11.1. The quantitative estimate of drug-likeness (QED) is 0.906. The number of benzene rings is 1. The van der Waals surface area contributed by atoms with E-state index in [1.165, 1.54) is 9.75 Å². The molecule has 0 spiro atoms. The molecule has 0 saturated heterocycles.